The topological polar surface area (TPSA) is 6.48 Å². The fourth-order valence-electron chi connectivity index (χ4n) is 10.6. The molecule has 328 valence electrons. The Bertz CT molecular complexity index is 3560. The summed E-state index contributed by atoms with van der Waals surface area (Å²) in [5.41, 5.74) is 21.4. The molecule has 0 aliphatic heterocycles. The molecule has 0 atom stereocenters. The van der Waals surface area contributed by atoms with Crippen LogP contribution < -0.4 is 9.80 Å². The average Bonchev–Trinajstić information content (AvgIpc) is 3.65. The van der Waals surface area contributed by atoms with E-state index < -0.39 is 0 Å². The highest BCUT2D eigenvalue weighted by molar-refractivity contribution is 6.00. The maximum atomic E-state index is 2.45. The normalized spacial score (nSPS) is 12.3. The summed E-state index contributed by atoms with van der Waals surface area (Å²) in [5.74, 6) is 0. The largest absolute Gasteiger partial charge is 0.311 e. The van der Waals surface area contributed by atoms with Crippen LogP contribution in [-0.2, 0) is 5.41 Å². The number of benzene rings is 11. The third-order valence-electron chi connectivity index (χ3n) is 14.1. The lowest BCUT2D eigenvalue weighted by Crippen LogP contribution is -2.16. The molecule has 0 fully saturated rings. The Hall–Kier alpha value is -8.72. The van der Waals surface area contributed by atoms with E-state index in [9.17, 15) is 0 Å². The van der Waals surface area contributed by atoms with Crippen molar-refractivity contribution in [3.05, 3.63) is 278 Å². The first kappa shape index (κ1) is 41.7. The predicted molar refractivity (Wildman–Crippen MR) is 293 cm³/mol. The molecule has 11 aromatic carbocycles. The second-order valence-electron chi connectivity index (χ2n) is 18.5. The third-order valence-corrected chi connectivity index (χ3v) is 14.1. The van der Waals surface area contributed by atoms with Gasteiger partial charge in [0.2, 0.25) is 0 Å². The van der Waals surface area contributed by atoms with Crippen LogP contribution in [0.25, 0.3) is 66.4 Å². The lowest BCUT2D eigenvalue weighted by Gasteiger charge is -2.29. The fraction of sp³-hybridized carbons (Fsp3) is 0.0448. The number of fused-ring (bicyclic) bond motifs is 4. The molecule has 1 aliphatic rings. The second-order valence-corrected chi connectivity index (χ2v) is 18.5. The lowest BCUT2D eigenvalue weighted by atomic mass is 9.82. The Labute approximate surface area is 405 Å². The van der Waals surface area contributed by atoms with Crippen LogP contribution in [0.5, 0.6) is 0 Å². The minimum absolute atomic E-state index is 0.126. The van der Waals surface area contributed by atoms with Gasteiger partial charge in [-0.05, 0) is 151 Å². The van der Waals surface area contributed by atoms with Crippen LogP contribution in [0.4, 0.5) is 34.1 Å². The summed E-state index contributed by atoms with van der Waals surface area (Å²) in [5, 5.41) is 2.42. The Morgan fingerprint density at radius 2 is 0.667 bits per heavy atom. The standard InChI is InChI=1S/C67H50N2/c1-67(2)64-32-18-17-31-58(64)59-43-42-56(44-65(59)67)69(66-33-19-25-47-24-15-16-30-57(47)66)55-40-36-51(37-41-55)63-46-60(48-20-7-3-8-21-48)62(45-61(63)49-22-9-4-10-23-49)50-34-38-54(39-35-50)68(52-26-11-5-12-27-52)53-28-13-6-14-29-53/h3-46H,1-2H3. The molecule has 12 rings (SSSR count). The molecule has 1 aliphatic carbocycles. The quantitative estimate of drug-likeness (QED) is 0.135. The number of para-hydroxylation sites is 2. The molecule has 2 nitrogen and oxygen atoms in total. The van der Waals surface area contributed by atoms with Gasteiger partial charge in [0.25, 0.3) is 0 Å². The highest BCUT2D eigenvalue weighted by Gasteiger charge is 2.36. The van der Waals surface area contributed by atoms with Crippen LogP contribution in [0.2, 0.25) is 0 Å². The first-order chi connectivity index (χ1) is 34.0. The van der Waals surface area contributed by atoms with Crippen molar-refractivity contribution in [3.63, 3.8) is 0 Å². The lowest BCUT2D eigenvalue weighted by molar-refractivity contribution is 0.660. The van der Waals surface area contributed by atoms with Gasteiger partial charge in [-0.1, -0.05) is 202 Å². The smallest absolute Gasteiger partial charge is 0.0540 e. The van der Waals surface area contributed by atoms with E-state index in [1.165, 1.54) is 66.4 Å². The van der Waals surface area contributed by atoms with Crippen LogP contribution in [0.3, 0.4) is 0 Å². The average molecular weight is 883 g/mol. The zero-order valence-corrected chi connectivity index (χ0v) is 38.8. The first-order valence-corrected chi connectivity index (χ1v) is 23.9. The summed E-state index contributed by atoms with van der Waals surface area (Å²) >= 11 is 0. The number of hydrogen-bond donors (Lipinski definition) is 0. The fourth-order valence-corrected chi connectivity index (χ4v) is 10.6. The van der Waals surface area contributed by atoms with Gasteiger partial charge in [-0.25, -0.2) is 0 Å². The molecule has 0 bridgehead atoms. The van der Waals surface area contributed by atoms with Gasteiger partial charge in [-0.15, -0.1) is 0 Å². The molecule has 0 N–H and O–H groups in total. The highest BCUT2D eigenvalue weighted by Crippen LogP contribution is 2.51. The van der Waals surface area contributed by atoms with Crippen molar-refractivity contribution < 1.29 is 0 Å². The summed E-state index contributed by atoms with van der Waals surface area (Å²) < 4.78 is 0. The van der Waals surface area contributed by atoms with Crippen molar-refractivity contribution in [2.45, 2.75) is 19.3 Å². The van der Waals surface area contributed by atoms with Crippen molar-refractivity contribution in [3.8, 4) is 55.6 Å². The second kappa shape index (κ2) is 17.5. The van der Waals surface area contributed by atoms with E-state index in [1.54, 1.807) is 0 Å². The first-order valence-electron chi connectivity index (χ1n) is 23.9. The van der Waals surface area contributed by atoms with Crippen molar-refractivity contribution in [1.29, 1.82) is 0 Å². The molecule has 0 saturated heterocycles. The summed E-state index contributed by atoms with van der Waals surface area (Å²) in [4.78, 5) is 4.76. The zero-order valence-electron chi connectivity index (χ0n) is 38.8. The zero-order chi connectivity index (χ0) is 46.3. The van der Waals surface area contributed by atoms with Gasteiger partial charge in [-0.3, -0.25) is 0 Å². The number of hydrogen-bond acceptors (Lipinski definition) is 2. The van der Waals surface area contributed by atoms with Crippen molar-refractivity contribution in [2.24, 2.45) is 0 Å². The van der Waals surface area contributed by atoms with Crippen LogP contribution in [0, 0.1) is 0 Å². The van der Waals surface area contributed by atoms with Gasteiger partial charge in [0, 0.05) is 39.2 Å². The molecule has 0 amide bonds. The Kier molecular flexibility index (Phi) is 10.6. The van der Waals surface area contributed by atoms with E-state index in [2.05, 4.69) is 291 Å². The molecule has 11 aromatic rings. The maximum absolute atomic E-state index is 2.45. The maximum Gasteiger partial charge on any atom is 0.0540 e. The molecule has 0 saturated carbocycles. The minimum Gasteiger partial charge on any atom is -0.311 e. The van der Waals surface area contributed by atoms with Crippen LogP contribution >= 0.6 is 0 Å². The van der Waals surface area contributed by atoms with Gasteiger partial charge < -0.3 is 9.80 Å². The Morgan fingerprint density at radius 3 is 1.23 bits per heavy atom. The van der Waals surface area contributed by atoms with Crippen LogP contribution in [0.15, 0.2) is 267 Å². The van der Waals surface area contributed by atoms with Gasteiger partial charge in [0.15, 0.2) is 0 Å². The number of rotatable bonds is 10. The molecular formula is C67H50N2. The SMILES string of the molecule is CC1(C)c2ccccc2-c2ccc(N(c3ccc(-c4cc(-c5ccccc5)c(-c5ccc(N(c6ccccc6)c6ccccc6)cc5)cc4-c4ccccc4)cc3)c3cccc4ccccc34)cc21. The molecule has 0 unspecified atom stereocenters. The molecule has 0 radical (unpaired) electrons. The molecular weight excluding hydrogens is 833 g/mol. The number of nitrogens with zero attached hydrogens (tertiary/aromatic N) is 2. The minimum atomic E-state index is -0.126. The summed E-state index contributed by atoms with van der Waals surface area (Å²) in [6.45, 7) is 4.72. The van der Waals surface area contributed by atoms with Crippen molar-refractivity contribution in [2.75, 3.05) is 9.80 Å². The Morgan fingerprint density at radius 1 is 0.261 bits per heavy atom. The predicted octanol–water partition coefficient (Wildman–Crippen LogP) is 18.8. The summed E-state index contributed by atoms with van der Waals surface area (Å²) in [7, 11) is 0. The van der Waals surface area contributed by atoms with E-state index in [1.807, 2.05) is 0 Å². The van der Waals surface area contributed by atoms with Gasteiger partial charge in [-0.2, -0.15) is 0 Å². The Balaban J connectivity index is 0.997. The summed E-state index contributed by atoms with van der Waals surface area (Å²) in [6, 6.07) is 97.3. The van der Waals surface area contributed by atoms with Crippen LogP contribution in [-0.4, -0.2) is 0 Å². The third kappa shape index (κ3) is 7.57. The molecule has 0 aromatic heterocycles. The van der Waals surface area contributed by atoms with E-state index in [4.69, 9.17) is 0 Å². The number of anilines is 6. The van der Waals surface area contributed by atoms with E-state index in [0.29, 0.717) is 0 Å². The van der Waals surface area contributed by atoms with Crippen LogP contribution in [0.1, 0.15) is 25.0 Å². The van der Waals surface area contributed by atoms with Gasteiger partial charge in [0.05, 0.1) is 5.69 Å². The van der Waals surface area contributed by atoms with Crippen molar-refractivity contribution >= 4 is 44.9 Å². The van der Waals surface area contributed by atoms with Crippen molar-refractivity contribution in [1.82, 2.24) is 0 Å². The molecule has 69 heavy (non-hydrogen) atoms. The molecule has 2 heteroatoms. The van der Waals surface area contributed by atoms with E-state index >= 15 is 0 Å². The highest BCUT2D eigenvalue weighted by atomic mass is 15.1. The monoisotopic (exact) mass is 882 g/mol. The molecule has 0 heterocycles. The van der Waals surface area contributed by atoms with Gasteiger partial charge >= 0.3 is 0 Å². The molecule has 0 spiro atoms. The van der Waals surface area contributed by atoms with E-state index in [0.717, 1.165) is 45.3 Å². The summed E-state index contributed by atoms with van der Waals surface area (Å²) in [6.07, 6.45) is 0. The van der Waals surface area contributed by atoms with E-state index in [-0.39, 0.29) is 5.41 Å². The van der Waals surface area contributed by atoms with Gasteiger partial charge in [0.1, 0.15) is 0 Å².